The van der Waals surface area contributed by atoms with E-state index in [0.29, 0.717) is 42.4 Å². The van der Waals surface area contributed by atoms with E-state index in [2.05, 4.69) is 37.8 Å². The van der Waals surface area contributed by atoms with Crippen LogP contribution in [0.25, 0.3) is 0 Å². The average molecular weight is 668 g/mol. The molecule has 3 heterocycles. The Morgan fingerprint density at radius 2 is 1.90 bits per heavy atom. The quantitative estimate of drug-likeness (QED) is 0.233. The number of hydrogen-bond acceptors (Lipinski definition) is 8. The van der Waals surface area contributed by atoms with Gasteiger partial charge in [-0.15, -0.1) is 0 Å². The van der Waals surface area contributed by atoms with Crippen LogP contribution in [0.15, 0.2) is 66.4 Å². The zero-order valence-electron chi connectivity index (χ0n) is 27.0. The fraction of sp³-hybridized carbons (Fsp3) is 0.314. The van der Waals surface area contributed by atoms with Crippen molar-refractivity contribution < 1.29 is 23.9 Å². The molecule has 1 atom stereocenters. The van der Waals surface area contributed by atoms with Gasteiger partial charge in [-0.3, -0.25) is 28.8 Å². The number of benzene rings is 2. The Morgan fingerprint density at radius 3 is 2.65 bits per heavy atom. The molecule has 5 rings (SSSR count). The minimum Gasteiger partial charge on any atom is -0.379 e. The Labute approximate surface area is 284 Å². The number of amides is 4. The molecule has 3 N–H and O–H groups in total. The molecule has 248 valence electrons. The Balaban J connectivity index is 1.20. The predicted octanol–water partition coefficient (Wildman–Crippen LogP) is 1.99. The van der Waals surface area contributed by atoms with Gasteiger partial charge in [0.05, 0.1) is 35.8 Å². The molecule has 2 aliphatic rings. The summed E-state index contributed by atoms with van der Waals surface area (Å²) < 4.78 is 6.86. The number of carbonyl (C=O) groups excluding carboxylic acids is 4. The molecule has 0 saturated carbocycles. The first-order valence-electron chi connectivity index (χ1n) is 15.5. The van der Waals surface area contributed by atoms with Crippen molar-refractivity contribution in [3.63, 3.8) is 0 Å². The molecule has 0 aliphatic carbocycles. The van der Waals surface area contributed by atoms with Gasteiger partial charge in [0.25, 0.3) is 11.8 Å². The number of nitrogens with one attached hydrogen (secondary N) is 3. The molecule has 3 aromatic rings. The smallest absolute Gasteiger partial charge is 0.273 e. The van der Waals surface area contributed by atoms with Crippen LogP contribution in [0.3, 0.4) is 0 Å². The Kier molecular flexibility index (Phi) is 11.1. The maximum absolute atomic E-state index is 13.6. The van der Waals surface area contributed by atoms with Crippen molar-refractivity contribution in [3.8, 4) is 11.8 Å². The number of aryl methyl sites for hydroxylation is 2. The topological polar surface area (TPSA) is 138 Å². The lowest BCUT2D eigenvalue weighted by Crippen LogP contribution is -2.42. The molecular formula is C35H37N7O5S. The number of rotatable bonds is 9. The summed E-state index contributed by atoms with van der Waals surface area (Å²) in [5.74, 6) is 3.53. The van der Waals surface area contributed by atoms with Crippen molar-refractivity contribution in [2.24, 2.45) is 13.0 Å². The van der Waals surface area contributed by atoms with Crippen molar-refractivity contribution >= 4 is 52.1 Å². The number of anilines is 2. The molecule has 1 fully saturated rings. The zero-order valence-corrected chi connectivity index (χ0v) is 27.9. The van der Waals surface area contributed by atoms with Crippen LogP contribution in [-0.4, -0.2) is 89.6 Å². The van der Waals surface area contributed by atoms with Gasteiger partial charge in [-0.05, 0) is 48.9 Å². The van der Waals surface area contributed by atoms with E-state index in [-0.39, 0.29) is 28.7 Å². The lowest BCUT2D eigenvalue weighted by molar-refractivity contribution is -0.121. The van der Waals surface area contributed by atoms with Gasteiger partial charge in [0, 0.05) is 63.4 Å². The lowest BCUT2D eigenvalue weighted by Gasteiger charge is -2.26. The summed E-state index contributed by atoms with van der Waals surface area (Å²) in [4.78, 5) is 55.4. The number of thiocarbonyl (C=S) groups is 1. The van der Waals surface area contributed by atoms with Crippen molar-refractivity contribution in [1.29, 1.82) is 0 Å². The maximum atomic E-state index is 13.6. The normalized spacial score (nSPS) is 16.2. The number of aromatic nitrogens is 2. The second-order valence-electron chi connectivity index (χ2n) is 11.5. The third kappa shape index (κ3) is 8.60. The van der Waals surface area contributed by atoms with Crippen LogP contribution < -0.4 is 20.9 Å². The highest BCUT2D eigenvalue weighted by Gasteiger charge is 2.32. The number of nitrogens with zero attached hydrogens (tertiary/aromatic N) is 4. The highest BCUT2D eigenvalue weighted by Crippen LogP contribution is 2.22. The molecule has 0 bridgehead atoms. The fourth-order valence-electron chi connectivity index (χ4n) is 5.32. The molecule has 12 nitrogen and oxygen atoms in total. The first-order valence-corrected chi connectivity index (χ1v) is 15.9. The van der Waals surface area contributed by atoms with E-state index in [1.807, 2.05) is 6.07 Å². The first-order chi connectivity index (χ1) is 23.1. The second kappa shape index (κ2) is 15.6. The van der Waals surface area contributed by atoms with E-state index in [1.54, 1.807) is 69.6 Å². The standard InChI is InChI=1S/C35H37N7O5S/c1-23-18-30(41(3)39-23)34(45)38-26-8-4-6-24(19-26)10-11-28-32(48)29(22-37-33(28)44)35(46)40(2)27-9-5-7-25(20-27)21-31(43)36-12-13-42-14-16-47-17-15-42/h4-9,18-20,22,28H,12-17,21H2,1-3H3,(H,36,43)(H,37,44)(H,38,45). The lowest BCUT2D eigenvalue weighted by atomic mass is 9.94. The summed E-state index contributed by atoms with van der Waals surface area (Å²) in [5, 5.41) is 12.6. The molecule has 2 aliphatic heterocycles. The molecular weight excluding hydrogens is 630 g/mol. The largest absolute Gasteiger partial charge is 0.379 e. The highest BCUT2D eigenvalue weighted by atomic mass is 32.1. The van der Waals surface area contributed by atoms with Crippen LogP contribution in [0.1, 0.15) is 27.3 Å². The van der Waals surface area contributed by atoms with Gasteiger partial charge in [0.2, 0.25) is 11.8 Å². The van der Waals surface area contributed by atoms with E-state index < -0.39 is 17.7 Å². The number of hydrogen-bond donors (Lipinski definition) is 3. The van der Waals surface area contributed by atoms with Crippen molar-refractivity contribution in [2.45, 2.75) is 13.3 Å². The molecule has 2 aromatic carbocycles. The SMILES string of the molecule is Cc1cc(C(=O)Nc2cccc(C#CC3C(=O)NC=C(C(=O)N(C)c4cccc(CC(=O)NCCN5CCOCC5)c4)C3=S)c2)n(C)n1. The maximum Gasteiger partial charge on any atom is 0.273 e. The zero-order chi connectivity index (χ0) is 34.2. The van der Waals surface area contributed by atoms with Gasteiger partial charge in [0.1, 0.15) is 11.6 Å². The third-order valence-corrected chi connectivity index (χ3v) is 8.37. The molecule has 1 saturated heterocycles. The van der Waals surface area contributed by atoms with Crippen molar-refractivity contribution in [1.82, 2.24) is 25.3 Å². The van der Waals surface area contributed by atoms with Crippen LogP contribution in [0.4, 0.5) is 11.4 Å². The molecule has 0 radical (unpaired) electrons. The van der Waals surface area contributed by atoms with Crippen LogP contribution in [-0.2, 0) is 32.6 Å². The summed E-state index contributed by atoms with van der Waals surface area (Å²) in [5.41, 5.74) is 3.67. The average Bonchev–Trinajstić information content (AvgIpc) is 3.42. The predicted molar refractivity (Wildman–Crippen MR) is 185 cm³/mol. The van der Waals surface area contributed by atoms with Gasteiger partial charge >= 0.3 is 0 Å². The minimum absolute atomic E-state index is 0.105. The van der Waals surface area contributed by atoms with Gasteiger partial charge in [-0.2, -0.15) is 5.10 Å². The monoisotopic (exact) mass is 667 g/mol. The summed E-state index contributed by atoms with van der Waals surface area (Å²) in [6.45, 7) is 6.25. The summed E-state index contributed by atoms with van der Waals surface area (Å²) >= 11 is 5.60. The van der Waals surface area contributed by atoms with Crippen LogP contribution >= 0.6 is 12.2 Å². The van der Waals surface area contributed by atoms with E-state index in [0.717, 1.165) is 30.9 Å². The molecule has 48 heavy (non-hydrogen) atoms. The molecule has 0 spiro atoms. The molecule has 4 amide bonds. The van der Waals surface area contributed by atoms with Gasteiger partial charge in [-0.1, -0.05) is 42.3 Å². The number of ether oxygens (including phenoxy) is 1. The molecule has 13 heteroatoms. The van der Waals surface area contributed by atoms with Crippen molar-refractivity contribution in [2.75, 3.05) is 56.7 Å². The first kappa shape index (κ1) is 34.2. The Bertz CT molecular complexity index is 1830. The van der Waals surface area contributed by atoms with Crippen LogP contribution in [0, 0.1) is 24.7 Å². The Hall–Kier alpha value is -5.16. The van der Waals surface area contributed by atoms with Crippen LogP contribution in [0.2, 0.25) is 0 Å². The van der Waals surface area contributed by atoms with E-state index in [1.165, 1.54) is 15.8 Å². The van der Waals surface area contributed by atoms with E-state index in [4.69, 9.17) is 17.0 Å². The fourth-order valence-corrected chi connectivity index (χ4v) is 5.63. The van der Waals surface area contributed by atoms with Gasteiger partial charge < -0.3 is 25.6 Å². The van der Waals surface area contributed by atoms with E-state index >= 15 is 0 Å². The Morgan fingerprint density at radius 1 is 1.12 bits per heavy atom. The minimum atomic E-state index is -1.04. The van der Waals surface area contributed by atoms with Crippen molar-refractivity contribution in [3.05, 3.63) is 88.9 Å². The van der Waals surface area contributed by atoms with Gasteiger partial charge in [-0.25, -0.2) is 0 Å². The summed E-state index contributed by atoms with van der Waals surface area (Å²) in [6, 6.07) is 15.8. The summed E-state index contributed by atoms with van der Waals surface area (Å²) in [7, 11) is 3.30. The number of carbonyl (C=O) groups is 4. The van der Waals surface area contributed by atoms with Crippen LogP contribution in [0.5, 0.6) is 0 Å². The van der Waals surface area contributed by atoms with E-state index in [9.17, 15) is 19.2 Å². The van der Waals surface area contributed by atoms with Gasteiger partial charge in [0.15, 0.2) is 0 Å². The highest BCUT2D eigenvalue weighted by molar-refractivity contribution is 7.81. The molecule has 1 aromatic heterocycles. The second-order valence-corrected chi connectivity index (χ2v) is 11.9. The number of likely N-dealkylation sites (N-methyl/N-ethyl adjacent to an activating group) is 1. The number of morpholine rings is 1. The molecule has 1 unspecified atom stereocenters. The summed E-state index contributed by atoms with van der Waals surface area (Å²) in [6.07, 6.45) is 1.48. The third-order valence-electron chi connectivity index (χ3n) is 7.92.